The van der Waals surface area contributed by atoms with Gasteiger partial charge in [-0.25, -0.2) is 8.42 Å². The number of anilines is 2. The molecule has 4 rings (SSSR count). The van der Waals surface area contributed by atoms with E-state index in [0.29, 0.717) is 17.1 Å². The van der Waals surface area contributed by atoms with Crippen LogP contribution in [-0.4, -0.2) is 48.3 Å². The number of aromatic nitrogens is 2. The lowest BCUT2D eigenvalue weighted by molar-refractivity contribution is -0.145. The number of carbonyl (C=O) groups is 2. The van der Waals surface area contributed by atoms with Gasteiger partial charge in [0.05, 0.1) is 23.7 Å². The summed E-state index contributed by atoms with van der Waals surface area (Å²) >= 11 is 6.12. The van der Waals surface area contributed by atoms with E-state index in [4.69, 9.17) is 21.4 Å². The normalized spacial score (nSPS) is 13.6. The fourth-order valence-corrected chi connectivity index (χ4v) is 4.77. The number of fused-ring (bicyclic) bond motifs is 1. The Morgan fingerprint density at radius 1 is 1.15 bits per heavy atom. The lowest BCUT2D eigenvalue weighted by atomic mass is 9.98. The van der Waals surface area contributed by atoms with Gasteiger partial charge in [0.15, 0.2) is 5.15 Å². The molecule has 2 heterocycles. The van der Waals surface area contributed by atoms with Crippen LogP contribution in [0, 0.1) is 18.3 Å². The van der Waals surface area contributed by atoms with Crippen molar-refractivity contribution < 1.29 is 27.9 Å². The average Bonchev–Trinajstić information content (AvgIpc) is 3.67. The fourth-order valence-electron chi connectivity index (χ4n) is 2.89. The van der Waals surface area contributed by atoms with Crippen LogP contribution in [0.15, 0.2) is 29.3 Å². The summed E-state index contributed by atoms with van der Waals surface area (Å²) in [6.07, 6.45) is 11.4. The minimum atomic E-state index is -3.91. The molecule has 1 saturated carbocycles. The molecule has 10 nitrogen and oxygen atoms in total. The third-order valence-corrected chi connectivity index (χ3v) is 7.09. The van der Waals surface area contributed by atoms with Crippen molar-refractivity contribution in [2.45, 2.75) is 79.2 Å². The number of sulfonamides is 1. The van der Waals surface area contributed by atoms with Gasteiger partial charge in [-0.15, -0.1) is 12.8 Å². The number of rotatable bonds is 4. The Bertz CT molecular complexity index is 1210. The summed E-state index contributed by atoms with van der Waals surface area (Å²) in [6.45, 7) is 14.7. The van der Waals surface area contributed by atoms with Gasteiger partial charge in [0.1, 0.15) is 17.3 Å². The number of carboxylic acid groups (broad SMARTS) is 1. The van der Waals surface area contributed by atoms with E-state index < -0.39 is 21.4 Å². The van der Waals surface area contributed by atoms with E-state index in [-0.39, 0.29) is 35.1 Å². The Balaban J connectivity index is 0.000000950. The molecule has 1 aromatic carbocycles. The predicted octanol–water partition coefficient (Wildman–Crippen LogP) is 5.84. The number of carboxylic acids is 1. The maximum atomic E-state index is 13.2. The number of nitrogens with zero attached hydrogens (tertiary/aromatic N) is 3. The molecule has 2 aromatic rings. The molecular formula is C27H41ClN4O6S. The van der Waals surface area contributed by atoms with E-state index in [1.54, 1.807) is 43.7 Å². The van der Waals surface area contributed by atoms with Gasteiger partial charge in [-0.05, 0) is 51.8 Å². The third-order valence-electron chi connectivity index (χ3n) is 4.89. The van der Waals surface area contributed by atoms with Gasteiger partial charge >= 0.3 is 5.97 Å². The largest absolute Gasteiger partial charge is 0.489 e. The number of hydrogen-bond donors (Lipinski definition) is 2. The van der Waals surface area contributed by atoms with Crippen LogP contribution < -0.4 is 14.4 Å². The molecule has 1 amide bonds. The van der Waals surface area contributed by atoms with Crippen LogP contribution in [0.25, 0.3) is 0 Å². The number of aliphatic carboxylic acids is 1. The number of benzene rings is 1. The summed E-state index contributed by atoms with van der Waals surface area (Å²) in [6, 6.07) is 5.10. The molecular weight excluding hydrogens is 544 g/mol. The molecule has 39 heavy (non-hydrogen) atoms. The lowest BCUT2D eigenvalue weighted by Gasteiger charge is -2.30. The predicted molar refractivity (Wildman–Crippen MR) is 156 cm³/mol. The van der Waals surface area contributed by atoms with Crippen LogP contribution in [0.2, 0.25) is 5.15 Å². The standard InChI is InChI=1S/C16H17ClN4O4S.C5H10O2.2C2H6.C2H2/c1-10(22)18-11-2-5-14-13(8-11)21(6-7-25-14)26(23,24)15-9-20(12-3-4-12)19-16(15)17;1-5(2,3)4(6)7;3*1-2/h2,5,8-9,12H,3-4,6-7H2,1H3,(H,18,22);1-3H3,(H,6,7);2*1-2H3;1-2H. The molecule has 1 aliphatic carbocycles. The highest BCUT2D eigenvalue weighted by molar-refractivity contribution is 7.93. The zero-order valence-electron chi connectivity index (χ0n) is 24.0. The summed E-state index contributed by atoms with van der Waals surface area (Å²) in [7, 11) is -3.91. The molecule has 0 spiro atoms. The van der Waals surface area contributed by atoms with Crippen molar-refractivity contribution >= 4 is 44.9 Å². The molecule has 0 radical (unpaired) electrons. The minimum Gasteiger partial charge on any atom is -0.489 e. The Hall–Kier alpha value is -3.23. The van der Waals surface area contributed by atoms with Gasteiger partial charge in [0, 0.05) is 18.8 Å². The highest BCUT2D eigenvalue weighted by Gasteiger charge is 2.35. The monoisotopic (exact) mass is 584 g/mol. The van der Waals surface area contributed by atoms with Crippen molar-refractivity contribution in [2.24, 2.45) is 5.41 Å². The average molecular weight is 585 g/mol. The maximum absolute atomic E-state index is 13.2. The van der Waals surface area contributed by atoms with E-state index in [1.807, 2.05) is 27.7 Å². The van der Waals surface area contributed by atoms with E-state index in [0.717, 1.165) is 12.8 Å². The van der Waals surface area contributed by atoms with Gasteiger partial charge in [0.25, 0.3) is 10.0 Å². The number of terminal acetylenes is 1. The van der Waals surface area contributed by atoms with Gasteiger partial charge in [-0.3, -0.25) is 18.6 Å². The van der Waals surface area contributed by atoms with Crippen molar-refractivity contribution in [3.05, 3.63) is 29.5 Å². The van der Waals surface area contributed by atoms with Gasteiger partial charge < -0.3 is 15.2 Å². The van der Waals surface area contributed by atoms with Crippen LogP contribution in [0.1, 0.15) is 74.3 Å². The molecule has 0 atom stereocenters. The van der Waals surface area contributed by atoms with Crippen molar-refractivity contribution in [3.63, 3.8) is 0 Å². The highest BCUT2D eigenvalue weighted by atomic mass is 35.5. The number of hydrogen-bond acceptors (Lipinski definition) is 6. The Morgan fingerprint density at radius 2 is 1.69 bits per heavy atom. The second-order valence-electron chi connectivity index (χ2n) is 8.84. The van der Waals surface area contributed by atoms with Crippen LogP contribution in [0.3, 0.4) is 0 Å². The van der Waals surface area contributed by atoms with Crippen LogP contribution >= 0.6 is 11.6 Å². The van der Waals surface area contributed by atoms with Crippen LogP contribution in [0.4, 0.5) is 11.4 Å². The number of carbonyl (C=O) groups excluding carboxylic acids is 1. The molecule has 0 bridgehead atoms. The first kappa shape index (κ1) is 35.8. The molecule has 218 valence electrons. The number of amides is 1. The summed E-state index contributed by atoms with van der Waals surface area (Å²) in [5.41, 5.74) is 0.263. The van der Waals surface area contributed by atoms with Gasteiger partial charge in [-0.2, -0.15) is 5.10 Å². The van der Waals surface area contributed by atoms with Crippen molar-refractivity contribution in [2.75, 3.05) is 22.8 Å². The first-order valence-corrected chi connectivity index (χ1v) is 14.5. The topological polar surface area (TPSA) is 131 Å². The van der Waals surface area contributed by atoms with Crippen LogP contribution in [0.5, 0.6) is 5.75 Å². The molecule has 12 heteroatoms. The molecule has 1 aromatic heterocycles. The molecule has 2 N–H and O–H groups in total. The number of nitrogens with one attached hydrogen (secondary N) is 1. The summed E-state index contributed by atoms with van der Waals surface area (Å²) in [4.78, 5) is 21.3. The number of ether oxygens (including phenoxy) is 1. The quantitative estimate of drug-likeness (QED) is 0.432. The SMILES string of the molecule is C#C.CC.CC.CC(=O)Nc1ccc2c(c1)N(S(=O)(=O)c1cn(C3CC3)nc1Cl)CCO2.CC(C)(C)C(=O)O. The summed E-state index contributed by atoms with van der Waals surface area (Å²) in [5.74, 6) is -0.572. The third kappa shape index (κ3) is 10.1. The molecule has 1 fully saturated rings. The maximum Gasteiger partial charge on any atom is 0.308 e. The van der Waals surface area contributed by atoms with E-state index in [2.05, 4.69) is 23.3 Å². The number of halogens is 1. The van der Waals surface area contributed by atoms with Crippen LogP contribution in [-0.2, 0) is 19.6 Å². The van der Waals surface area contributed by atoms with Crippen molar-refractivity contribution in [1.29, 1.82) is 0 Å². The molecule has 0 saturated heterocycles. The second-order valence-corrected chi connectivity index (χ2v) is 11.0. The smallest absolute Gasteiger partial charge is 0.308 e. The van der Waals surface area contributed by atoms with Crippen molar-refractivity contribution in [1.82, 2.24) is 9.78 Å². The Morgan fingerprint density at radius 3 is 2.15 bits per heavy atom. The lowest BCUT2D eigenvalue weighted by Crippen LogP contribution is -2.38. The Labute approximate surface area is 237 Å². The van der Waals surface area contributed by atoms with Gasteiger partial charge in [0.2, 0.25) is 5.91 Å². The summed E-state index contributed by atoms with van der Waals surface area (Å²) in [5, 5.41) is 15.0. The van der Waals surface area contributed by atoms with E-state index in [1.165, 1.54) is 17.4 Å². The Kier molecular flexibility index (Phi) is 14.7. The zero-order chi connectivity index (χ0) is 30.6. The zero-order valence-corrected chi connectivity index (χ0v) is 25.6. The molecule has 2 aliphatic rings. The molecule has 1 aliphatic heterocycles. The van der Waals surface area contributed by atoms with Crippen molar-refractivity contribution in [3.8, 4) is 18.6 Å². The van der Waals surface area contributed by atoms with E-state index in [9.17, 15) is 18.0 Å². The molecule has 0 unspecified atom stereocenters. The highest BCUT2D eigenvalue weighted by Crippen LogP contribution is 2.40. The van der Waals surface area contributed by atoms with E-state index >= 15 is 0 Å². The fraction of sp³-hybridized carbons (Fsp3) is 0.519. The second kappa shape index (κ2) is 16.0. The van der Waals surface area contributed by atoms with Gasteiger partial charge in [-0.1, -0.05) is 39.3 Å². The minimum absolute atomic E-state index is 0.0242. The summed E-state index contributed by atoms with van der Waals surface area (Å²) < 4.78 is 34.8. The first-order valence-electron chi connectivity index (χ1n) is 12.7. The first-order chi connectivity index (χ1) is 18.3.